The largest absolute Gasteiger partial charge is 0.497 e. The Balaban J connectivity index is 1.32. The average Bonchev–Trinajstić information content (AvgIpc) is 3.55. The molecule has 0 N–H and O–H groups in total. The fraction of sp³-hybridized carbons (Fsp3) is 0.462. The number of benzene rings is 2. The third-order valence-corrected chi connectivity index (χ3v) is 7.98. The zero-order chi connectivity index (χ0) is 23.3. The number of methoxy groups -OCH3 is 1. The van der Waals surface area contributed by atoms with Crippen LogP contribution in [0.4, 0.5) is 0 Å². The highest BCUT2D eigenvalue weighted by atomic mass is 35.5. The topological polar surface area (TPSA) is 52.4 Å². The summed E-state index contributed by atoms with van der Waals surface area (Å²) >= 11 is 7.78. The van der Waals surface area contributed by atoms with E-state index in [1.165, 1.54) is 5.56 Å². The van der Waals surface area contributed by atoms with Gasteiger partial charge in [0.05, 0.1) is 18.9 Å². The number of thioether (sulfide) groups is 1. The van der Waals surface area contributed by atoms with Gasteiger partial charge in [0.15, 0.2) is 5.16 Å². The van der Waals surface area contributed by atoms with Crippen LogP contribution in [0.3, 0.4) is 0 Å². The third kappa shape index (κ3) is 5.60. The Bertz CT molecular complexity index is 1080. The van der Waals surface area contributed by atoms with Crippen molar-refractivity contribution >= 4 is 23.4 Å². The summed E-state index contributed by atoms with van der Waals surface area (Å²) in [5.41, 5.74) is 2.35. The molecule has 0 saturated carbocycles. The molecular formula is C26H31ClN4O2S. The van der Waals surface area contributed by atoms with Gasteiger partial charge in [-0.1, -0.05) is 41.6 Å². The van der Waals surface area contributed by atoms with Crippen molar-refractivity contribution in [1.29, 1.82) is 0 Å². The normalized spacial score (nSPS) is 19.5. The van der Waals surface area contributed by atoms with Crippen LogP contribution in [0.15, 0.2) is 53.7 Å². The summed E-state index contributed by atoms with van der Waals surface area (Å²) < 4.78 is 13.6. The molecule has 2 fully saturated rings. The number of nitrogens with zero attached hydrogens (tertiary/aromatic N) is 4. The smallest absolute Gasteiger partial charge is 0.195 e. The van der Waals surface area contributed by atoms with Gasteiger partial charge in [0, 0.05) is 35.9 Å². The number of halogens is 1. The molecule has 8 heteroatoms. The van der Waals surface area contributed by atoms with Gasteiger partial charge in [-0.3, -0.25) is 9.47 Å². The molecule has 6 nitrogen and oxygen atoms in total. The van der Waals surface area contributed by atoms with Crippen LogP contribution in [0.1, 0.15) is 43.0 Å². The molecular weight excluding hydrogens is 468 g/mol. The minimum atomic E-state index is 0.306. The first-order valence-electron chi connectivity index (χ1n) is 12.0. The van der Waals surface area contributed by atoms with Crippen LogP contribution in [-0.4, -0.2) is 58.3 Å². The number of hydrogen-bond donors (Lipinski definition) is 0. The summed E-state index contributed by atoms with van der Waals surface area (Å²) in [6, 6.07) is 16.4. The molecule has 0 bridgehead atoms. The molecule has 0 aliphatic carbocycles. The van der Waals surface area contributed by atoms with Gasteiger partial charge in [-0.25, -0.2) is 0 Å². The van der Waals surface area contributed by atoms with Gasteiger partial charge < -0.3 is 9.47 Å². The Hall–Kier alpha value is -2.06. The fourth-order valence-corrected chi connectivity index (χ4v) is 5.92. The van der Waals surface area contributed by atoms with Crippen LogP contribution in [0.2, 0.25) is 5.02 Å². The van der Waals surface area contributed by atoms with Crippen molar-refractivity contribution in [2.45, 2.75) is 49.4 Å². The van der Waals surface area contributed by atoms with Crippen molar-refractivity contribution in [3.8, 4) is 11.4 Å². The van der Waals surface area contributed by atoms with E-state index in [-0.39, 0.29) is 0 Å². The molecule has 0 radical (unpaired) electrons. The lowest BCUT2D eigenvalue weighted by atomic mass is 9.95. The quantitative estimate of drug-likeness (QED) is 0.378. The average molecular weight is 499 g/mol. The minimum Gasteiger partial charge on any atom is -0.497 e. The SMILES string of the molecule is COc1cccc(-n2c(SC[C@@H]3CCCO3)nnc2C2CCN(Cc3ccc(Cl)cc3)CC2)c1. The Kier molecular flexibility index (Phi) is 7.74. The molecule has 2 aliphatic heterocycles. The van der Waals surface area contributed by atoms with Crippen LogP contribution >= 0.6 is 23.4 Å². The lowest BCUT2D eigenvalue weighted by Gasteiger charge is -2.31. The summed E-state index contributed by atoms with van der Waals surface area (Å²) in [5, 5.41) is 11.1. The number of rotatable bonds is 8. The highest BCUT2D eigenvalue weighted by Crippen LogP contribution is 2.34. The third-order valence-electron chi connectivity index (χ3n) is 6.66. The molecule has 2 saturated heterocycles. The second-order valence-electron chi connectivity index (χ2n) is 9.00. The fourth-order valence-electron chi connectivity index (χ4n) is 4.77. The van der Waals surface area contributed by atoms with Crippen LogP contribution < -0.4 is 4.74 Å². The molecule has 0 spiro atoms. The predicted molar refractivity (Wildman–Crippen MR) is 136 cm³/mol. The number of ether oxygens (including phenoxy) is 2. The van der Waals surface area contributed by atoms with E-state index in [0.29, 0.717) is 12.0 Å². The van der Waals surface area contributed by atoms with E-state index < -0.39 is 0 Å². The van der Waals surface area contributed by atoms with E-state index >= 15 is 0 Å². The van der Waals surface area contributed by atoms with Crippen LogP contribution in [-0.2, 0) is 11.3 Å². The first kappa shape index (κ1) is 23.7. The maximum atomic E-state index is 6.04. The van der Waals surface area contributed by atoms with E-state index in [4.69, 9.17) is 26.2 Å². The van der Waals surface area contributed by atoms with Crippen molar-refractivity contribution in [3.63, 3.8) is 0 Å². The number of piperidine rings is 1. The molecule has 2 aromatic carbocycles. The van der Waals surface area contributed by atoms with Crippen LogP contribution in [0.5, 0.6) is 5.75 Å². The van der Waals surface area contributed by atoms with Gasteiger partial charge in [-0.05, 0) is 68.6 Å². The van der Waals surface area contributed by atoms with Gasteiger partial charge in [0.1, 0.15) is 11.6 Å². The molecule has 3 aromatic rings. The van der Waals surface area contributed by atoms with Crippen LogP contribution in [0.25, 0.3) is 5.69 Å². The number of aromatic nitrogens is 3. The lowest BCUT2D eigenvalue weighted by molar-refractivity contribution is 0.129. The van der Waals surface area contributed by atoms with Gasteiger partial charge in [-0.15, -0.1) is 10.2 Å². The zero-order valence-electron chi connectivity index (χ0n) is 19.5. The van der Waals surface area contributed by atoms with Gasteiger partial charge >= 0.3 is 0 Å². The second-order valence-corrected chi connectivity index (χ2v) is 10.4. The van der Waals surface area contributed by atoms with Crippen molar-refractivity contribution in [2.24, 2.45) is 0 Å². The summed E-state index contributed by atoms with van der Waals surface area (Å²) in [6.07, 6.45) is 4.70. The summed E-state index contributed by atoms with van der Waals surface area (Å²) in [4.78, 5) is 2.51. The van der Waals surface area contributed by atoms with E-state index in [9.17, 15) is 0 Å². The summed E-state index contributed by atoms with van der Waals surface area (Å²) in [5.74, 6) is 3.17. The second kappa shape index (κ2) is 11.1. The van der Waals surface area contributed by atoms with Gasteiger partial charge in [0.2, 0.25) is 0 Å². The minimum absolute atomic E-state index is 0.306. The molecule has 34 heavy (non-hydrogen) atoms. The zero-order valence-corrected chi connectivity index (χ0v) is 21.1. The number of likely N-dealkylation sites (tertiary alicyclic amines) is 1. The highest BCUT2D eigenvalue weighted by molar-refractivity contribution is 7.99. The first-order valence-corrected chi connectivity index (χ1v) is 13.4. The molecule has 3 heterocycles. The molecule has 0 unspecified atom stereocenters. The molecule has 0 amide bonds. The number of hydrogen-bond acceptors (Lipinski definition) is 6. The Labute approximate surface area is 210 Å². The predicted octanol–water partition coefficient (Wildman–Crippen LogP) is 5.58. The molecule has 2 aliphatic rings. The monoisotopic (exact) mass is 498 g/mol. The molecule has 5 rings (SSSR count). The van der Waals surface area contributed by atoms with Gasteiger partial charge in [-0.2, -0.15) is 0 Å². The highest BCUT2D eigenvalue weighted by Gasteiger charge is 2.28. The Morgan fingerprint density at radius 3 is 2.65 bits per heavy atom. The van der Waals surface area contributed by atoms with E-state index in [0.717, 1.165) is 85.1 Å². The maximum Gasteiger partial charge on any atom is 0.195 e. The maximum absolute atomic E-state index is 6.04. The van der Waals surface area contributed by atoms with Crippen molar-refractivity contribution < 1.29 is 9.47 Å². The van der Waals surface area contributed by atoms with Crippen molar-refractivity contribution in [1.82, 2.24) is 19.7 Å². The van der Waals surface area contributed by atoms with E-state index in [1.54, 1.807) is 18.9 Å². The van der Waals surface area contributed by atoms with Gasteiger partial charge in [0.25, 0.3) is 0 Å². The Morgan fingerprint density at radius 2 is 1.91 bits per heavy atom. The van der Waals surface area contributed by atoms with Crippen molar-refractivity contribution in [3.05, 3.63) is 64.9 Å². The Morgan fingerprint density at radius 1 is 1.09 bits per heavy atom. The molecule has 1 atom stereocenters. The molecule has 180 valence electrons. The summed E-state index contributed by atoms with van der Waals surface area (Å²) in [6.45, 7) is 3.90. The van der Waals surface area contributed by atoms with E-state index in [1.807, 2.05) is 24.3 Å². The molecule has 1 aromatic heterocycles. The van der Waals surface area contributed by atoms with Crippen LogP contribution in [0, 0.1) is 0 Å². The van der Waals surface area contributed by atoms with Crippen molar-refractivity contribution in [2.75, 3.05) is 32.6 Å². The summed E-state index contributed by atoms with van der Waals surface area (Å²) in [7, 11) is 1.70. The first-order chi connectivity index (χ1) is 16.7. The van der Waals surface area contributed by atoms with E-state index in [2.05, 4.69) is 38.8 Å². The standard InChI is InChI=1S/C26H31ClN4O2S/c1-32-23-5-2-4-22(16-23)31-25(28-29-26(31)34-18-24-6-3-15-33-24)20-11-13-30(14-12-20)17-19-7-9-21(27)10-8-19/h2,4-5,7-10,16,20,24H,3,6,11-15,17-18H2,1H3/t24-/m0/s1. The lowest BCUT2D eigenvalue weighted by Crippen LogP contribution is -2.33.